The highest BCUT2D eigenvalue weighted by atomic mass is 35.5. The molecule has 2 aromatic rings. The van der Waals surface area contributed by atoms with E-state index in [1.807, 2.05) is 27.7 Å². The average molecular weight is 465 g/mol. The Morgan fingerprint density at radius 1 is 0.938 bits per heavy atom. The summed E-state index contributed by atoms with van der Waals surface area (Å²) in [6.45, 7) is 8.41. The van der Waals surface area contributed by atoms with E-state index in [0.717, 1.165) is 6.42 Å². The van der Waals surface area contributed by atoms with Gasteiger partial charge < -0.3 is 18.9 Å². The minimum absolute atomic E-state index is 0.0463. The zero-order chi connectivity index (χ0) is 23.7. The molecule has 8 nitrogen and oxygen atoms in total. The van der Waals surface area contributed by atoms with E-state index in [-0.39, 0.29) is 22.3 Å². The van der Waals surface area contributed by atoms with Crippen molar-refractivity contribution < 1.29 is 28.5 Å². The summed E-state index contributed by atoms with van der Waals surface area (Å²) in [5, 5.41) is 0.242. The van der Waals surface area contributed by atoms with Crippen LogP contribution in [0.3, 0.4) is 0 Å². The molecule has 32 heavy (non-hydrogen) atoms. The predicted molar refractivity (Wildman–Crippen MR) is 122 cm³/mol. The van der Waals surface area contributed by atoms with Crippen LogP contribution in [0.25, 0.3) is 0 Å². The van der Waals surface area contributed by atoms with Crippen molar-refractivity contribution in [2.24, 2.45) is 0 Å². The lowest BCUT2D eigenvalue weighted by Crippen LogP contribution is -2.41. The van der Waals surface area contributed by atoms with E-state index < -0.39 is 11.8 Å². The number of halogens is 1. The Hall–Kier alpha value is -3.13. The van der Waals surface area contributed by atoms with E-state index in [1.54, 1.807) is 12.1 Å². The van der Waals surface area contributed by atoms with Crippen LogP contribution in [-0.2, 0) is 0 Å². The molecular weight excluding hydrogens is 436 g/mol. The lowest BCUT2D eigenvalue weighted by Gasteiger charge is -2.16. The molecule has 0 spiro atoms. The summed E-state index contributed by atoms with van der Waals surface area (Å²) in [7, 11) is 1.49. The number of carbonyl (C=O) groups is 2. The largest absolute Gasteiger partial charge is 0.493 e. The standard InChI is InChI=1S/C23H29ClN2O6/c1-6-10-31-21-17(24)11-16(13-20(21)30-7-2)23(28)26-25-22(27)15-8-9-18(32-14(3)4)19(12-15)29-5/h8-9,11-14H,6-7,10H2,1-5H3,(H,25,27)(H,26,28). The van der Waals surface area contributed by atoms with Gasteiger partial charge in [-0.2, -0.15) is 0 Å². The summed E-state index contributed by atoms with van der Waals surface area (Å²) < 4.78 is 22.1. The predicted octanol–water partition coefficient (Wildman–Crippen LogP) is 4.40. The van der Waals surface area contributed by atoms with Gasteiger partial charge >= 0.3 is 0 Å². The molecule has 0 saturated heterocycles. The second-order valence-corrected chi connectivity index (χ2v) is 7.41. The molecule has 0 bridgehead atoms. The van der Waals surface area contributed by atoms with Crippen LogP contribution < -0.4 is 29.8 Å². The van der Waals surface area contributed by atoms with Crippen LogP contribution in [0, 0.1) is 0 Å². The molecule has 0 fully saturated rings. The van der Waals surface area contributed by atoms with E-state index >= 15 is 0 Å². The fraction of sp³-hybridized carbons (Fsp3) is 0.391. The van der Waals surface area contributed by atoms with Crippen molar-refractivity contribution in [3.05, 3.63) is 46.5 Å². The Morgan fingerprint density at radius 2 is 1.59 bits per heavy atom. The molecule has 0 radical (unpaired) electrons. The van der Waals surface area contributed by atoms with Crippen molar-refractivity contribution in [3.8, 4) is 23.0 Å². The first-order chi connectivity index (χ1) is 15.3. The van der Waals surface area contributed by atoms with Crippen LogP contribution >= 0.6 is 11.6 Å². The molecular formula is C23H29ClN2O6. The summed E-state index contributed by atoms with van der Waals surface area (Å²) in [4.78, 5) is 25.1. The maximum Gasteiger partial charge on any atom is 0.269 e. The molecule has 0 atom stereocenters. The Morgan fingerprint density at radius 3 is 2.19 bits per heavy atom. The van der Waals surface area contributed by atoms with Gasteiger partial charge in [0.25, 0.3) is 11.8 Å². The maximum absolute atomic E-state index is 12.6. The number of hydrazine groups is 1. The zero-order valence-corrected chi connectivity index (χ0v) is 19.7. The van der Waals surface area contributed by atoms with E-state index in [4.69, 9.17) is 30.5 Å². The second-order valence-electron chi connectivity index (χ2n) is 7.01. The van der Waals surface area contributed by atoms with Crippen LogP contribution in [0.4, 0.5) is 0 Å². The van der Waals surface area contributed by atoms with Crippen molar-refractivity contribution in [2.45, 2.75) is 40.2 Å². The van der Waals surface area contributed by atoms with Crippen LogP contribution in [0.1, 0.15) is 54.8 Å². The van der Waals surface area contributed by atoms with Crippen LogP contribution in [0.15, 0.2) is 30.3 Å². The maximum atomic E-state index is 12.6. The highest BCUT2D eigenvalue weighted by Gasteiger charge is 2.18. The van der Waals surface area contributed by atoms with Crippen molar-refractivity contribution in [1.29, 1.82) is 0 Å². The van der Waals surface area contributed by atoms with E-state index in [9.17, 15) is 9.59 Å². The van der Waals surface area contributed by atoms with Crippen molar-refractivity contribution >= 4 is 23.4 Å². The molecule has 2 N–H and O–H groups in total. The van der Waals surface area contributed by atoms with E-state index in [0.29, 0.717) is 36.2 Å². The van der Waals surface area contributed by atoms with Gasteiger partial charge in [-0.25, -0.2) is 0 Å². The fourth-order valence-electron chi connectivity index (χ4n) is 2.72. The van der Waals surface area contributed by atoms with Crippen molar-refractivity contribution in [3.63, 3.8) is 0 Å². The SMILES string of the molecule is CCCOc1c(Cl)cc(C(=O)NNC(=O)c2ccc(OC(C)C)c(OC)c2)cc1OCC. The Bertz CT molecular complexity index is 948. The number of benzene rings is 2. The van der Waals surface area contributed by atoms with Crippen molar-refractivity contribution in [1.82, 2.24) is 10.9 Å². The molecule has 0 saturated carbocycles. The molecule has 0 aliphatic heterocycles. The first-order valence-corrected chi connectivity index (χ1v) is 10.7. The lowest BCUT2D eigenvalue weighted by atomic mass is 10.2. The van der Waals surface area contributed by atoms with Gasteiger partial charge in [0.05, 0.1) is 31.5 Å². The van der Waals surface area contributed by atoms with Crippen LogP contribution in [-0.4, -0.2) is 38.2 Å². The fourth-order valence-corrected chi connectivity index (χ4v) is 2.99. The van der Waals surface area contributed by atoms with Gasteiger partial charge in [-0.05, 0) is 57.5 Å². The number of methoxy groups -OCH3 is 1. The lowest BCUT2D eigenvalue weighted by molar-refractivity contribution is 0.0846. The molecule has 2 amide bonds. The normalized spacial score (nSPS) is 10.5. The molecule has 174 valence electrons. The van der Waals surface area contributed by atoms with E-state index in [1.165, 1.54) is 25.3 Å². The number of amides is 2. The van der Waals surface area contributed by atoms with Gasteiger partial charge in [0.2, 0.25) is 0 Å². The smallest absolute Gasteiger partial charge is 0.269 e. The summed E-state index contributed by atoms with van der Waals surface area (Å²) in [5.74, 6) is 0.587. The summed E-state index contributed by atoms with van der Waals surface area (Å²) in [5.41, 5.74) is 5.25. The molecule has 2 aromatic carbocycles. The summed E-state index contributed by atoms with van der Waals surface area (Å²) >= 11 is 6.29. The van der Waals surface area contributed by atoms with Gasteiger partial charge in [-0.1, -0.05) is 18.5 Å². The highest BCUT2D eigenvalue weighted by molar-refractivity contribution is 6.32. The van der Waals surface area contributed by atoms with Crippen molar-refractivity contribution in [2.75, 3.05) is 20.3 Å². The number of hydrogen-bond acceptors (Lipinski definition) is 6. The number of ether oxygens (including phenoxy) is 4. The third-order valence-electron chi connectivity index (χ3n) is 4.10. The molecule has 9 heteroatoms. The molecule has 0 aliphatic carbocycles. The van der Waals surface area contributed by atoms with Crippen LogP contribution in [0.2, 0.25) is 5.02 Å². The third kappa shape index (κ3) is 6.68. The average Bonchev–Trinajstić information content (AvgIpc) is 2.76. The van der Waals surface area contributed by atoms with Crippen LogP contribution in [0.5, 0.6) is 23.0 Å². The first kappa shape index (κ1) is 25.1. The van der Waals surface area contributed by atoms with Gasteiger partial charge in [-0.15, -0.1) is 0 Å². The Kier molecular flexibility index (Phi) is 9.46. The van der Waals surface area contributed by atoms with Gasteiger partial charge in [-0.3, -0.25) is 20.4 Å². The second kappa shape index (κ2) is 12.0. The monoisotopic (exact) mass is 464 g/mol. The topological polar surface area (TPSA) is 95.1 Å². The number of carbonyl (C=O) groups excluding carboxylic acids is 2. The summed E-state index contributed by atoms with van der Waals surface area (Å²) in [6.07, 6.45) is 0.751. The molecule has 2 rings (SSSR count). The molecule has 0 aromatic heterocycles. The number of rotatable bonds is 10. The molecule has 0 aliphatic rings. The minimum Gasteiger partial charge on any atom is -0.493 e. The zero-order valence-electron chi connectivity index (χ0n) is 18.9. The highest BCUT2D eigenvalue weighted by Crippen LogP contribution is 2.37. The van der Waals surface area contributed by atoms with Gasteiger partial charge in [0.15, 0.2) is 23.0 Å². The van der Waals surface area contributed by atoms with Gasteiger partial charge in [0.1, 0.15) is 0 Å². The van der Waals surface area contributed by atoms with Gasteiger partial charge in [0, 0.05) is 11.1 Å². The Labute approximate surface area is 193 Å². The Balaban J connectivity index is 2.12. The molecule has 0 heterocycles. The minimum atomic E-state index is -0.560. The third-order valence-corrected chi connectivity index (χ3v) is 4.38. The first-order valence-electron chi connectivity index (χ1n) is 10.3. The summed E-state index contributed by atoms with van der Waals surface area (Å²) in [6, 6.07) is 7.72. The quantitative estimate of drug-likeness (QED) is 0.506. The number of hydrogen-bond donors (Lipinski definition) is 2. The number of nitrogens with one attached hydrogen (secondary N) is 2. The van der Waals surface area contributed by atoms with E-state index in [2.05, 4.69) is 10.9 Å². The molecule has 0 unspecified atom stereocenters.